The van der Waals surface area contributed by atoms with Crippen LogP contribution in [0.2, 0.25) is 0 Å². The summed E-state index contributed by atoms with van der Waals surface area (Å²) in [5.41, 5.74) is 0. The average Bonchev–Trinajstić information content (AvgIpc) is 2.94. The van der Waals surface area contributed by atoms with Gasteiger partial charge in [0, 0.05) is 19.6 Å². The van der Waals surface area contributed by atoms with E-state index >= 15 is 0 Å². The summed E-state index contributed by atoms with van der Waals surface area (Å²) in [6, 6.07) is -0.0758. The molecule has 1 atom stereocenters. The molecule has 0 radical (unpaired) electrons. The van der Waals surface area contributed by atoms with Crippen LogP contribution in [0.1, 0.15) is 63.2 Å². The first kappa shape index (κ1) is 15.0. The minimum atomic E-state index is -0.0758. The van der Waals surface area contributed by atoms with Crippen LogP contribution in [0.4, 0.5) is 0 Å². The Morgan fingerprint density at radius 2 is 2.30 bits per heavy atom. The van der Waals surface area contributed by atoms with Gasteiger partial charge in [0.05, 0.1) is 13.0 Å². The number of methoxy groups -OCH3 is 1. The van der Waals surface area contributed by atoms with E-state index in [1.165, 1.54) is 0 Å². The minimum absolute atomic E-state index is 0.0758. The number of carbonyl (C=O) groups excluding carboxylic acids is 1. The summed E-state index contributed by atoms with van der Waals surface area (Å²) in [6.45, 7) is 5.25. The lowest BCUT2D eigenvalue weighted by Gasteiger charge is -2.33. The third-order valence-corrected chi connectivity index (χ3v) is 3.60. The molecular formula is C14H23N3O3. The van der Waals surface area contributed by atoms with Crippen LogP contribution in [0.25, 0.3) is 0 Å². The van der Waals surface area contributed by atoms with Crippen LogP contribution in [0.15, 0.2) is 4.52 Å². The van der Waals surface area contributed by atoms with Crippen LogP contribution in [0, 0.1) is 0 Å². The number of amides is 1. The van der Waals surface area contributed by atoms with Gasteiger partial charge in [-0.05, 0) is 19.3 Å². The predicted octanol–water partition coefficient (Wildman–Crippen LogP) is 2.28. The number of nitrogens with zero attached hydrogens (tertiary/aromatic N) is 3. The van der Waals surface area contributed by atoms with Gasteiger partial charge in [-0.15, -0.1) is 0 Å². The maximum absolute atomic E-state index is 12.2. The Hall–Kier alpha value is -1.43. The molecule has 1 aliphatic rings. The summed E-state index contributed by atoms with van der Waals surface area (Å²) in [5.74, 6) is 1.60. The lowest BCUT2D eigenvalue weighted by molar-refractivity contribution is -0.136. The third kappa shape index (κ3) is 3.36. The molecule has 2 heterocycles. The molecule has 1 aromatic rings. The summed E-state index contributed by atoms with van der Waals surface area (Å²) < 4.78 is 10.3. The number of ether oxygens (including phenoxy) is 1. The van der Waals surface area contributed by atoms with Crippen molar-refractivity contribution in [2.75, 3.05) is 20.3 Å². The maximum Gasteiger partial charge on any atom is 0.249 e. The van der Waals surface area contributed by atoms with Crippen molar-refractivity contribution in [1.29, 1.82) is 0 Å². The van der Waals surface area contributed by atoms with Crippen LogP contribution in [0.5, 0.6) is 0 Å². The number of piperidine rings is 1. The van der Waals surface area contributed by atoms with Crippen LogP contribution in [-0.2, 0) is 9.53 Å². The number of carbonyl (C=O) groups is 1. The maximum atomic E-state index is 12.2. The first-order valence-electron chi connectivity index (χ1n) is 7.25. The first-order chi connectivity index (χ1) is 9.63. The molecule has 0 saturated carbocycles. The highest BCUT2D eigenvalue weighted by Crippen LogP contribution is 2.31. The van der Waals surface area contributed by atoms with Gasteiger partial charge in [-0.25, -0.2) is 0 Å². The van der Waals surface area contributed by atoms with Gasteiger partial charge in [0.1, 0.15) is 6.04 Å². The Morgan fingerprint density at radius 1 is 1.50 bits per heavy atom. The van der Waals surface area contributed by atoms with E-state index in [4.69, 9.17) is 9.26 Å². The van der Waals surface area contributed by atoms with Crippen molar-refractivity contribution in [2.24, 2.45) is 0 Å². The van der Waals surface area contributed by atoms with Gasteiger partial charge in [0.2, 0.25) is 11.8 Å². The fraction of sp³-hybridized carbons (Fsp3) is 0.786. The summed E-state index contributed by atoms with van der Waals surface area (Å²) >= 11 is 0. The summed E-state index contributed by atoms with van der Waals surface area (Å²) in [7, 11) is 1.61. The Kier molecular flexibility index (Phi) is 5.11. The molecule has 2 rings (SSSR count). The number of likely N-dealkylation sites (tertiary alicyclic amines) is 1. The van der Waals surface area contributed by atoms with Crippen LogP contribution in [0.3, 0.4) is 0 Å². The van der Waals surface area contributed by atoms with Gasteiger partial charge in [-0.1, -0.05) is 19.0 Å². The van der Waals surface area contributed by atoms with Crippen molar-refractivity contribution in [2.45, 2.75) is 51.5 Å². The molecule has 0 spiro atoms. The van der Waals surface area contributed by atoms with Gasteiger partial charge < -0.3 is 14.2 Å². The molecule has 1 aromatic heterocycles. The molecule has 20 heavy (non-hydrogen) atoms. The zero-order valence-corrected chi connectivity index (χ0v) is 12.5. The second kappa shape index (κ2) is 6.83. The molecule has 0 unspecified atom stereocenters. The fourth-order valence-corrected chi connectivity index (χ4v) is 2.44. The van der Waals surface area contributed by atoms with Crippen molar-refractivity contribution in [3.63, 3.8) is 0 Å². The molecule has 1 amide bonds. The molecule has 6 heteroatoms. The van der Waals surface area contributed by atoms with E-state index in [0.717, 1.165) is 25.8 Å². The van der Waals surface area contributed by atoms with Gasteiger partial charge in [-0.3, -0.25) is 4.79 Å². The molecule has 1 aliphatic heterocycles. The van der Waals surface area contributed by atoms with Gasteiger partial charge in [-0.2, -0.15) is 4.98 Å². The SMILES string of the molecule is COCCC(=O)N1CCCC[C@@H]1c1nc(C(C)C)no1. The molecule has 1 saturated heterocycles. The standard InChI is InChI=1S/C14H23N3O3/c1-10(2)13-15-14(20-16-13)11-6-4-5-8-17(11)12(18)7-9-19-3/h10-11H,4-9H2,1-3H3/t11-/m1/s1. The molecule has 112 valence electrons. The highest BCUT2D eigenvalue weighted by Gasteiger charge is 2.31. The van der Waals surface area contributed by atoms with Crippen molar-refractivity contribution < 1.29 is 14.1 Å². The summed E-state index contributed by atoms with van der Waals surface area (Å²) in [5, 5.41) is 4.00. The zero-order chi connectivity index (χ0) is 14.5. The predicted molar refractivity (Wildman–Crippen MR) is 73.2 cm³/mol. The van der Waals surface area contributed by atoms with Crippen LogP contribution < -0.4 is 0 Å². The number of hydrogen-bond donors (Lipinski definition) is 0. The van der Waals surface area contributed by atoms with Crippen LogP contribution in [-0.4, -0.2) is 41.2 Å². The zero-order valence-electron chi connectivity index (χ0n) is 12.5. The van der Waals surface area contributed by atoms with Gasteiger partial charge in [0.25, 0.3) is 0 Å². The largest absolute Gasteiger partial charge is 0.384 e. The Balaban J connectivity index is 2.11. The number of hydrogen-bond acceptors (Lipinski definition) is 5. The van der Waals surface area contributed by atoms with E-state index in [2.05, 4.69) is 10.1 Å². The third-order valence-electron chi connectivity index (χ3n) is 3.60. The van der Waals surface area contributed by atoms with Crippen molar-refractivity contribution in [3.05, 3.63) is 11.7 Å². The smallest absolute Gasteiger partial charge is 0.249 e. The normalized spacial score (nSPS) is 19.6. The molecule has 0 bridgehead atoms. The fourth-order valence-electron chi connectivity index (χ4n) is 2.44. The lowest BCUT2D eigenvalue weighted by atomic mass is 10.0. The summed E-state index contributed by atoms with van der Waals surface area (Å²) in [6.07, 6.45) is 3.40. The lowest BCUT2D eigenvalue weighted by Crippen LogP contribution is -2.39. The van der Waals surface area contributed by atoms with E-state index in [9.17, 15) is 4.79 Å². The Morgan fingerprint density at radius 3 is 2.95 bits per heavy atom. The first-order valence-corrected chi connectivity index (χ1v) is 7.25. The summed E-state index contributed by atoms with van der Waals surface area (Å²) in [4.78, 5) is 18.5. The van der Waals surface area contributed by atoms with E-state index in [1.807, 2.05) is 18.7 Å². The van der Waals surface area contributed by atoms with Crippen molar-refractivity contribution in [1.82, 2.24) is 15.0 Å². The topological polar surface area (TPSA) is 68.5 Å². The van der Waals surface area contributed by atoms with E-state index in [1.54, 1.807) is 7.11 Å². The Bertz CT molecular complexity index is 445. The van der Waals surface area contributed by atoms with E-state index < -0.39 is 0 Å². The number of aromatic nitrogens is 2. The van der Waals surface area contributed by atoms with Gasteiger partial charge >= 0.3 is 0 Å². The molecule has 0 aliphatic carbocycles. The Labute approximate surface area is 119 Å². The molecular weight excluding hydrogens is 258 g/mol. The average molecular weight is 281 g/mol. The second-order valence-electron chi connectivity index (χ2n) is 5.49. The minimum Gasteiger partial charge on any atom is -0.384 e. The quantitative estimate of drug-likeness (QED) is 0.828. The monoisotopic (exact) mass is 281 g/mol. The molecule has 0 aromatic carbocycles. The molecule has 6 nitrogen and oxygen atoms in total. The van der Waals surface area contributed by atoms with Crippen molar-refractivity contribution >= 4 is 5.91 Å². The molecule has 1 fully saturated rings. The number of rotatable bonds is 5. The highest BCUT2D eigenvalue weighted by atomic mass is 16.5. The van der Waals surface area contributed by atoms with E-state index in [-0.39, 0.29) is 17.9 Å². The highest BCUT2D eigenvalue weighted by molar-refractivity contribution is 5.76. The second-order valence-corrected chi connectivity index (χ2v) is 5.49. The van der Waals surface area contributed by atoms with Gasteiger partial charge in [0.15, 0.2) is 5.82 Å². The van der Waals surface area contributed by atoms with Crippen molar-refractivity contribution in [3.8, 4) is 0 Å². The van der Waals surface area contributed by atoms with Crippen LogP contribution >= 0.6 is 0 Å². The molecule has 0 N–H and O–H groups in total. The van der Waals surface area contributed by atoms with E-state index in [0.29, 0.717) is 24.7 Å².